The minimum absolute atomic E-state index is 0.0371. The molecule has 0 fully saturated rings. The Hall–Kier alpha value is -4.72. The van der Waals surface area contributed by atoms with E-state index >= 15 is 0 Å². The number of aromatic nitrogens is 3. The molecule has 2 aromatic heterocycles. The minimum Gasteiger partial charge on any atom is -0.463 e. The molecule has 0 radical (unpaired) electrons. The summed E-state index contributed by atoms with van der Waals surface area (Å²) in [7, 11) is 0. The third-order valence-corrected chi connectivity index (χ3v) is 6.73. The summed E-state index contributed by atoms with van der Waals surface area (Å²) < 4.78 is 28.2. The van der Waals surface area contributed by atoms with Gasteiger partial charge in [0.1, 0.15) is 12.4 Å². The number of ether oxygens (including phenoxy) is 2. The lowest BCUT2D eigenvalue weighted by atomic mass is 10.0. The van der Waals surface area contributed by atoms with Crippen LogP contribution >= 0.6 is 0 Å². The Balaban J connectivity index is 1.69. The molecule has 204 valence electrons. The van der Waals surface area contributed by atoms with Crippen LogP contribution in [-0.2, 0) is 20.9 Å². The molecule has 40 heavy (non-hydrogen) atoms. The van der Waals surface area contributed by atoms with E-state index in [0.29, 0.717) is 11.1 Å². The van der Waals surface area contributed by atoms with Crippen molar-refractivity contribution in [2.75, 3.05) is 6.61 Å². The van der Waals surface area contributed by atoms with Crippen molar-refractivity contribution in [1.29, 1.82) is 0 Å². The number of nitrogens with zero attached hydrogens (tertiary/aromatic N) is 3. The van der Waals surface area contributed by atoms with Gasteiger partial charge < -0.3 is 14.0 Å². The van der Waals surface area contributed by atoms with E-state index in [2.05, 4.69) is 23.5 Å². The van der Waals surface area contributed by atoms with Crippen LogP contribution in [0.15, 0.2) is 72.9 Å². The van der Waals surface area contributed by atoms with Crippen LogP contribution in [0, 0.1) is 12.7 Å². The quantitative estimate of drug-likeness (QED) is 0.160. The third-order valence-electron chi connectivity index (χ3n) is 6.73. The molecule has 0 aliphatic rings. The molecule has 0 N–H and O–H groups in total. The average Bonchev–Trinajstić information content (AvgIpc) is 3.50. The first-order chi connectivity index (χ1) is 19.3. The zero-order valence-electron chi connectivity index (χ0n) is 22.8. The minimum atomic E-state index is -0.598. The molecule has 0 aliphatic carbocycles. The second-order valence-electron chi connectivity index (χ2n) is 9.83. The van der Waals surface area contributed by atoms with Crippen LogP contribution in [0.25, 0.3) is 33.6 Å². The standard InChI is InChI=1S/C32H30FN3O4/c1-5-39-30(37)14-12-25-26-17-28-23(18-34-36(28)32(38)40-19-22-9-7-6-8-10-22)16-29(26)35(31(25)20(2)3)24-11-13-27(33)21(4)15-24/h6-18,20H,5,19H2,1-4H3/b14-12+. The van der Waals surface area contributed by atoms with E-state index < -0.39 is 12.1 Å². The van der Waals surface area contributed by atoms with Crippen LogP contribution in [0.3, 0.4) is 0 Å². The van der Waals surface area contributed by atoms with Gasteiger partial charge in [0.15, 0.2) is 0 Å². The molecule has 5 rings (SSSR count). The Morgan fingerprint density at radius 1 is 1.02 bits per heavy atom. The molecule has 0 saturated carbocycles. The van der Waals surface area contributed by atoms with Crippen LogP contribution in [0.1, 0.15) is 49.1 Å². The highest BCUT2D eigenvalue weighted by Crippen LogP contribution is 2.37. The SMILES string of the molecule is CCOC(=O)/C=C/c1c(C(C)C)n(-c2ccc(F)c(C)c2)c2cc3cnn(C(=O)OCc4ccccc4)c3cc12. The molecule has 2 heterocycles. The predicted molar refractivity (Wildman–Crippen MR) is 153 cm³/mol. The summed E-state index contributed by atoms with van der Waals surface area (Å²) in [6, 6.07) is 18.2. The van der Waals surface area contributed by atoms with Crippen molar-refractivity contribution >= 4 is 39.9 Å². The van der Waals surface area contributed by atoms with Gasteiger partial charge in [0.25, 0.3) is 0 Å². The molecule has 5 aromatic rings. The van der Waals surface area contributed by atoms with Gasteiger partial charge in [-0.15, -0.1) is 0 Å². The van der Waals surface area contributed by atoms with Gasteiger partial charge in [-0.3, -0.25) is 0 Å². The molecule has 0 unspecified atom stereocenters. The van der Waals surface area contributed by atoms with E-state index in [-0.39, 0.29) is 24.9 Å². The number of carbonyl (C=O) groups is 2. The maximum Gasteiger partial charge on any atom is 0.435 e. The van der Waals surface area contributed by atoms with Crippen LogP contribution in [0.2, 0.25) is 0 Å². The molecule has 0 spiro atoms. The highest BCUT2D eigenvalue weighted by molar-refractivity contribution is 6.04. The average molecular weight is 540 g/mol. The number of halogens is 1. The smallest absolute Gasteiger partial charge is 0.435 e. The van der Waals surface area contributed by atoms with Crippen molar-refractivity contribution in [3.63, 3.8) is 0 Å². The Bertz CT molecular complexity index is 1750. The van der Waals surface area contributed by atoms with Crippen molar-refractivity contribution in [1.82, 2.24) is 14.3 Å². The van der Waals surface area contributed by atoms with Gasteiger partial charge in [-0.05, 0) is 67.3 Å². The van der Waals surface area contributed by atoms with Crippen LogP contribution < -0.4 is 0 Å². The van der Waals surface area contributed by atoms with Crippen molar-refractivity contribution < 1.29 is 23.5 Å². The number of hydrogen-bond acceptors (Lipinski definition) is 5. The Kier molecular flexibility index (Phi) is 7.51. The number of rotatable bonds is 7. The summed E-state index contributed by atoms with van der Waals surface area (Å²) in [5.41, 5.74) is 5.31. The Labute approximate surface area is 231 Å². The summed E-state index contributed by atoms with van der Waals surface area (Å²) >= 11 is 0. The second kappa shape index (κ2) is 11.2. The first-order valence-electron chi connectivity index (χ1n) is 13.2. The van der Waals surface area contributed by atoms with E-state index in [9.17, 15) is 14.0 Å². The summed E-state index contributed by atoms with van der Waals surface area (Å²) in [5, 5.41) is 5.85. The number of aryl methyl sites for hydroxylation is 1. The van der Waals surface area contributed by atoms with Crippen molar-refractivity contribution in [3.05, 3.63) is 101 Å². The van der Waals surface area contributed by atoms with Crippen molar-refractivity contribution in [2.45, 2.75) is 40.2 Å². The van der Waals surface area contributed by atoms with Gasteiger partial charge in [0.2, 0.25) is 0 Å². The first-order valence-corrected chi connectivity index (χ1v) is 13.2. The molecular formula is C32H30FN3O4. The van der Waals surface area contributed by atoms with Gasteiger partial charge in [-0.1, -0.05) is 44.2 Å². The number of carbonyl (C=O) groups excluding carboxylic acids is 2. The van der Waals surface area contributed by atoms with Crippen molar-refractivity contribution in [2.24, 2.45) is 0 Å². The predicted octanol–water partition coefficient (Wildman–Crippen LogP) is 7.31. The fourth-order valence-electron chi connectivity index (χ4n) is 4.91. The molecule has 0 aliphatic heterocycles. The fourth-order valence-corrected chi connectivity index (χ4v) is 4.91. The van der Waals surface area contributed by atoms with E-state index in [1.54, 1.807) is 38.3 Å². The van der Waals surface area contributed by atoms with E-state index in [4.69, 9.17) is 9.47 Å². The highest BCUT2D eigenvalue weighted by Gasteiger charge is 2.23. The lowest BCUT2D eigenvalue weighted by Gasteiger charge is -2.15. The van der Waals surface area contributed by atoms with Crippen LogP contribution in [0.5, 0.6) is 0 Å². The summed E-state index contributed by atoms with van der Waals surface area (Å²) in [6.07, 6.45) is 4.16. The normalized spacial score (nSPS) is 11.7. The molecule has 7 nitrogen and oxygen atoms in total. The molecule has 8 heteroatoms. The Morgan fingerprint density at radius 2 is 1.80 bits per heavy atom. The fraction of sp³-hybridized carbons (Fsp3) is 0.219. The Morgan fingerprint density at radius 3 is 2.50 bits per heavy atom. The first kappa shape index (κ1) is 26.9. The van der Waals surface area contributed by atoms with E-state index in [0.717, 1.165) is 38.8 Å². The van der Waals surface area contributed by atoms with Gasteiger partial charge in [-0.25, -0.2) is 14.0 Å². The molecular weight excluding hydrogens is 509 g/mol. The maximum absolute atomic E-state index is 14.2. The van der Waals surface area contributed by atoms with Gasteiger partial charge in [0, 0.05) is 33.8 Å². The molecule has 3 aromatic carbocycles. The second-order valence-corrected chi connectivity index (χ2v) is 9.83. The zero-order valence-corrected chi connectivity index (χ0v) is 22.8. The lowest BCUT2D eigenvalue weighted by molar-refractivity contribution is -0.137. The molecule has 0 bridgehead atoms. The van der Waals surface area contributed by atoms with Gasteiger partial charge in [0.05, 0.1) is 23.8 Å². The van der Waals surface area contributed by atoms with E-state index in [1.165, 1.54) is 16.8 Å². The molecule has 0 saturated heterocycles. The number of fused-ring (bicyclic) bond motifs is 2. The van der Waals surface area contributed by atoms with Crippen molar-refractivity contribution in [3.8, 4) is 5.69 Å². The lowest BCUT2D eigenvalue weighted by Crippen LogP contribution is -2.14. The van der Waals surface area contributed by atoms with Gasteiger partial charge >= 0.3 is 12.1 Å². The summed E-state index contributed by atoms with van der Waals surface area (Å²) in [4.78, 5) is 25.3. The number of esters is 1. The maximum atomic E-state index is 14.2. The molecule has 0 atom stereocenters. The highest BCUT2D eigenvalue weighted by atomic mass is 19.1. The monoisotopic (exact) mass is 539 g/mol. The molecule has 0 amide bonds. The largest absolute Gasteiger partial charge is 0.463 e. The summed E-state index contributed by atoms with van der Waals surface area (Å²) in [6.45, 7) is 7.99. The topological polar surface area (TPSA) is 75.4 Å². The van der Waals surface area contributed by atoms with Gasteiger partial charge in [-0.2, -0.15) is 9.78 Å². The number of hydrogen-bond donors (Lipinski definition) is 0. The third kappa shape index (κ3) is 5.12. The van der Waals surface area contributed by atoms with Crippen LogP contribution in [0.4, 0.5) is 9.18 Å². The zero-order chi connectivity index (χ0) is 28.4. The van der Waals surface area contributed by atoms with E-state index in [1.807, 2.05) is 42.5 Å². The number of benzene rings is 3. The van der Waals surface area contributed by atoms with Crippen LogP contribution in [-0.4, -0.2) is 33.0 Å². The summed E-state index contributed by atoms with van der Waals surface area (Å²) in [5.74, 6) is -0.701.